The molecule has 0 aliphatic heterocycles. The van der Waals surface area contributed by atoms with E-state index in [9.17, 15) is 14.4 Å². The van der Waals surface area contributed by atoms with E-state index in [1.54, 1.807) is 25.2 Å². The predicted octanol–water partition coefficient (Wildman–Crippen LogP) is 2.27. The molecule has 0 aromatic heterocycles. The molecule has 1 atom stereocenters. The van der Waals surface area contributed by atoms with Crippen molar-refractivity contribution in [1.82, 2.24) is 10.2 Å². The minimum absolute atomic E-state index is 0.00414. The molecule has 23 heavy (non-hydrogen) atoms. The van der Waals surface area contributed by atoms with Gasteiger partial charge in [-0.1, -0.05) is 29.8 Å². The molecule has 0 saturated heterocycles. The third-order valence-corrected chi connectivity index (χ3v) is 4.74. The summed E-state index contributed by atoms with van der Waals surface area (Å²) in [5, 5.41) is 2.96. The molecule has 1 aromatic rings. The van der Waals surface area contributed by atoms with Gasteiger partial charge in [-0.05, 0) is 25.3 Å². The van der Waals surface area contributed by atoms with Gasteiger partial charge in [0.2, 0.25) is 11.8 Å². The second kappa shape index (κ2) is 7.13. The summed E-state index contributed by atoms with van der Waals surface area (Å²) in [6.45, 7) is 1.22. The van der Waals surface area contributed by atoms with E-state index < -0.39 is 5.54 Å². The first-order chi connectivity index (χ1) is 10.9. The quantitative estimate of drug-likeness (QED) is 0.917. The minimum atomic E-state index is -1.05. The summed E-state index contributed by atoms with van der Waals surface area (Å²) in [5.74, 6) is -0.598. The van der Waals surface area contributed by atoms with Crippen LogP contribution in [-0.4, -0.2) is 36.1 Å². The van der Waals surface area contributed by atoms with Crippen LogP contribution in [-0.2, 0) is 19.9 Å². The molecule has 6 heteroatoms. The Morgan fingerprint density at radius 2 is 2.00 bits per heavy atom. The molecule has 1 aromatic carbocycles. The van der Waals surface area contributed by atoms with Crippen LogP contribution in [0.1, 0.15) is 38.2 Å². The van der Waals surface area contributed by atoms with E-state index in [2.05, 4.69) is 5.32 Å². The van der Waals surface area contributed by atoms with Gasteiger partial charge in [0.25, 0.3) is 0 Å². The standard InChI is InChI=1S/C17H21ClN2O3/c1-12(21)19-11-16(23)20(2)17(10-6-5-9-15(17)22)13-7-3-4-8-14(13)18/h3-4,7-8H,5-6,9-11H2,1-2H3,(H,19,21)/t17-/m1/s1. The van der Waals surface area contributed by atoms with Gasteiger partial charge < -0.3 is 10.2 Å². The van der Waals surface area contributed by atoms with E-state index in [1.165, 1.54) is 11.8 Å². The van der Waals surface area contributed by atoms with Crippen LogP contribution < -0.4 is 5.32 Å². The van der Waals surface area contributed by atoms with Crippen LogP contribution in [0.5, 0.6) is 0 Å². The molecule has 1 aliphatic rings. The molecular formula is C17H21ClN2O3. The number of benzene rings is 1. The van der Waals surface area contributed by atoms with Gasteiger partial charge in [-0.15, -0.1) is 0 Å². The van der Waals surface area contributed by atoms with Crippen molar-refractivity contribution in [3.05, 3.63) is 34.9 Å². The van der Waals surface area contributed by atoms with Gasteiger partial charge in [-0.25, -0.2) is 0 Å². The fourth-order valence-electron chi connectivity index (χ4n) is 3.16. The molecular weight excluding hydrogens is 316 g/mol. The average Bonchev–Trinajstić information content (AvgIpc) is 2.53. The molecule has 2 rings (SSSR count). The number of hydrogen-bond acceptors (Lipinski definition) is 3. The first-order valence-corrected chi connectivity index (χ1v) is 8.07. The third-order valence-electron chi connectivity index (χ3n) is 4.41. The second-order valence-corrected chi connectivity index (χ2v) is 6.24. The largest absolute Gasteiger partial charge is 0.347 e. The Morgan fingerprint density at radius 3 is 2.61 bits per heavy atom. The zero-order valence-corrected chi connectivity index (χ0v) is 14.2. The van der Waals surface area contributed by atoms with Gasteiger partial charge in [0.1, 0.15) is 5.54 Å². The third kappa shape index (κ3) is 3.39. The molecule has 1 fully saturated rings. The summed E-state index contributed by atoms with van der Waals surface area (Å²) in [7, 11) is 1.61. The summed E-state index contributed by atoms with van der Waals surface area (Å²) in [4.78, 5) is 37.8. The zero-order chi connectivity index (χ0) is 17.0. The Balaban J connectivity index is 2.42. The van der Waals surface area contributed by atoms with Crippen molar-refractivity contribution in [2.75, 3.05) is 13.6 Å². The van der Waals surface area contributed by atoms with Gasteiger partial charge in [-0.2, -0.15) is 0 Å². The van der Waals surface area contributed by atoms with E-state index in [-0.39, 0.29) is 24.1 Å². The average molecular weight is 337 g/mol. The number of hydrogen-bond donors (Lipinski definition) is 1. The lowest BCUT2D eigenvalue weighted by molar-refractivity contribution is -0.147. The Kier molecular flexibility index (Phi) is 5.42. The zero-order valence-electron chi connectivity index (χ0n) is 13.4. The monoisotopic (exact) mass is 336 g/mol. The molecule has 0 radical (unpaired) electrons. The van der Waals surface area contributed by atoms with Gasteiger partial charge in [-0.3, -0.25) is 14.4 Å². The Bertz CT molecular complexity index is 632. The highest BCUT2D eigenvalue weighted by Gasteiger charge is 2.47. The number of nitrogens with one attached hydrogen (secondary N) is 1. The van der Waals surface area contributed by atoms with E-state index in [0.29, 0.717) is 23.4 Å². The van der Waals surface area contributed by atoms with Gasteiger partial charge >= 0.3 is 0 Å². The van der Waals surface area contributed by atoms with Crippen LogP contribution in [0.4, 0.5) is 0 Å². The maximum absolute atomic E-state index is 12.8. The molecule has 0 spiro atoms. The van der Waals surface area contributed by atoms with E-state index in [0.717, 1.165) is 12.8 Å². The summed E-state index contributed by atoms with van der Waals surface area (Å²) >= 11 is 6.33. The van der Waals surface area contributed by atoms with Crippen molar-refractivity contribution in [3.63, 3.8) is 0 Å². The number of nitrogens with zero attached hydrogens (tertiary/aromatic N) is 1. The maximum Gasteiger partial charge on any atom is 0.242 e. The number of amides is 2. The fourth-order valence-corrected chi connectivity index (χ4v) is 3.45. The number of likely N-dealkylation sites (N-methyl/N-ethyl adjacent to an activating group) is 1. The highest BCUT2D eigenvalue weighted by atomic mass is 35.5. The van der Waals surface area contributed by atoms with E-state index in [1.807, 2.05) is 6.07 Å². The number of halogens is 1. The van der Waals surface area contributed by atoms with Crippen LogP contribution in [0.2, 0.25) is 5.02 Å². The predicted molar refractivity (Wildman–Crippen MR) is 88.1 cm³/mol. The molecule has 5 nitrogen and oxygen atoms in total. The molecule has 0 bridgehead atoms. The van der Waals surface area contributed by atoms with E-state index >= 15 is 0 Å². The van der Waals surface area contributed by atoms with Crippen LogP contribution in [0, 0.1) is 0 Å². The first-order valence-electron chi connectivity index (χ1n) is 7.69. The summed E-state index contributed by atoms with van der Waals surface area (Å²) < 4.78 is 0. The SMILES string of the molecule is CC(=O)NCC(=O)N(C)[C@@]1(c2ccccc2Cl)CCCCC1=O. The van der Waals surface area contributed by atoms with Crippen molar-refractivity contribution in [3.8, 4) is 0 Å². The molecule has 1 aliphatic carbocycles. The molecule has 2 amide bonds. The first kappa shape index (κ1) is 17.5. The topological polar surface area (TPSA) is 66.5 Å². The minimum Gasteiger partial charge on any atom is -0.347 e. The molecule has 0 unspecified atom stereocenters. The molecule has 0 heterocycles. The van der Waals surface area contributed by atoms with Gasteiger partial charge in [0.05, 0.1) is 6.54 Å². The lowest BCUT2D eigenvalue weighted by atomic mass is 9.74. The normalized spacial score (nSPS) is 20.9. The van der Waals surface area contributed by atoms with Crippen LogP contribution in [0.15, 0.2) is 24.3 Å². The number of ketones is 1. The van der Waals surface area contributed by atoms with Crippen LogP contribution >= 0.6 is 11.6 Å². The Morgan fingerprint density at radius 1 is 1.30 bits per heavy atom. The fraction of sp³-hybridized carbons (Fsp3) is 0.471. The number of carbonyl (C=O) groups is 3. The summed E-state index contributed by atoms with van der Waals surface area (Å²) in [6, 6.07) is 7.14. The van der Waals surface area contributed by atoms with E-state index in [4.69, 9.17) is 11.6 Å². The van der Waals surface area contributed by atoms with Gasteiger partial charge in [0, 0.05) is 31.0 Å². The maximum atomic E-state index is 12.8. The highest BCUT2D eigenvalue weighted by Crippen LogP contribution is 2.42. The van der Waals surface area contributed by atoms with Crippen molar-refractivity contribution < 1.29 is 14.4 Å². The lowest BCUT2D eigenvalue weighted by Crippen LogP contribution is -2.56. The van der Waals surface area contributed by atoms with Crippen LogP contribution in [0.25, 0.3) is 0 Å². The number of Topliss-reactive ketones (excluding diaryl/α,β-unsaturated/α-hetero) is 1. The number of carbonyl (C=O) groups excluding carboxylic acids is 3. The Hall–Kier alpha value is -1.88. The summed E-state index contributed by atoms with van der Waals surface area (Å²) in [6.07, 6.45) is 2.62. The molecule has 1 N–H and O–H groups in total. The smallest absolute Gasteiger partial charge is 0.242 e. The number of rotatable bonds is 4. The molecule has 124 valence electrons. The van der Waals surface area contributed by atoms with Crippen molar-refractivity contribution in [1.29, 1.82) is 0 Å². The van der Waals surface area contributed by atoms with Crippen molar-refractivity contribution in [2.45, 2.75) is 38.1 Å². The van der Waals surface area contributed by atoms with Crippen molar-refractivity contribution >= 4 is 29.2 Å². The molecule has 1 saturated carbocycles. The van der Waals surface area contributed by atoms with Gasteiger partial charge in [0.15, 0.2) is 5.78 Å². The van der Waals surface area contributed by atoms with Crippen LogP contribution in [0.3, 0.4) is 0 Å². The van der Waals surface area contributed by atoms with Crippen molar-refractivity contribution in [2.24, 2.45) is 0 Å². The second-order valence-electron chi connectivity index (χ2n) is 5.83. The summed E-state index contributed by atoms with van der Waals surface area (Å²) in [5.41, 5.74) is -0.392. The highest BCUT2D eigenvalue weighted by molar-refractivity contribution is 6.31. The Labute approximate surface area is 141 Å². The lowest BCUT2D eigenvalue weighted by Gasteiger charge is -2.44.